The Balaban J connectivity index is 1.83. The number of nitrogens with zero attached hydrogens (tertiary/aromatic N) is 3. The number of nitrogens with one attached hydrogen (secondary N) is 2. The Labute approximate surface area is 141 Å². The molecule has 24 heavy (non-hydrogen) atoms. The average molecular weight is 315 g/mol. The maximum Gasteiger partial charge on any atom is 0.229 e. The molecule has 0 aliphatic heterocycles. The molecule has 3 rings (SSSR count). The molecule has 0 spiro atoms. The van der Waals surface area contributed by atoms with Crippen molar-refractivity contribution in [3.63, 3.8) is 0 Å². The highest BCUT2D eigenvalue weighted by Crippen LogP contribution is 2.21. The first kappa shape index (κ1) is 15.5. The van der Waals surface area contributed by atoms with E-state index >= 15 is 0 Å². The fraction of sp³-hybridized carbons (Fsp3) is 0.105. The molecule has 2 N–H and O–H groups in total. The normalized spacial score (nSPS) is 10.0. The maximum absolute atomic E-state index is 8.85. The zero-order valence-corrected chi connectivity index (χ0v) is 13.5. The molecule has 0 radical (unpaired) electrons. The molecule has 118 valence electrons. The van der Waals surface area contributed by atoms with Gasteiger partial charge in [0.05, 0.1) is 11.6 Å². The second-order valence-corrected chi connectivity index (χ2v) is 5.47. The number of nitriles is 1. The van der Waals surface area contributed by atoms with E-state index in [1.165, 1.54) is 0 Å². The molecule has 3 aromatic rings. The molecular weight excluding hydrogens is 298 g/mol. The van der Waals surface area contributed by atoms with E-state index in [0.717, 1.165) is 28.5 Å². The van der Waals surface area contributed by atoms with Crippen LogP contribution in [0.15, 0.2) is 54.6 Å². The number of para-hydroxylation sites is 1. The van der Waals surface area contributed by atoms with Gasteiger partial charge < -0.3 is 10.6 Å². The first-order valence-corrected chi connectivity index (χ1v) is 7.59. The molecule has 0 saturated heterocycles. The summed E-state index contributed by atoms with van der Waals surface area (Å²) in [6.45, 7) is 3.97. The van der Waals surface area contributed by atoms with Crippen LogP contribution in [-0.2, 0) is 0 Å². The van der Waals surface area contributed by atoms with Crippen molar-refractivity contribution >= 4 is 23.1 Å². The van der Waals surface area contributed by atoms with Gasteiger partial charge in [-0.05, 0) is 49.7 Å². The van der Waals surface area contributed by atoms with Crippen molar-refractivity contribution in [2.75, 3.05) is 10.6 Å². The van der Waals surface area contributed by atoms with E-state index in [-0.39, 0.29) is 0 Å². The minimum Gasteiger partial charge on any atom is -0.340 e. The molecule has 0 aliphatic carbocycles. The van der Waals surface area contributed by atoms with Crippen LogP contribution in [0, 0.1) is 25.2 Å². The van der Waals surface area contributed by atoms with Crippen molar-refractivity contribution in [2.24, 2.45) is 0 Å². The molecule has 5 nitrogen and oxygen atoms in total. The van der Waals surface area contributed by atoms with Crippen LogP contribution in [0.4, 0.5) is 23.1 Å². The molecule has 0 unspecified atom stereocenters. The SMILES string of the molecule is Cc1cc(Nc2ccccc2C)nc(Nc2ccc(C#N)cc2)n1. The lowest BCUT2D eigenvalue weighted by atomic mass is 10.2. The lowest BCUT2D eigenvalue weighted by molar-refractivity contribution is 1.11. The number of aryl methyl sites for hydroxylation is 2. The Morgan fingerprint density at radius 3 is 2.38 bits per heavy atom. The molecule has 1 aromatic heterocycles. The van der Waals surface area contributed by atoms with Gasteiger partial charge in [0.15, 0.2) is 0 Å². The highest BCUT2D eigenvalue weighted by Gasteiger charge is 2.05. The van der Waals surface area contributed by atoms with Gasteiger partial charge in [-0.1, -0.05) is 18.2 Å². The van der Waals surface area contributed by atoms with E-state index in [9.17, 15) is 0 Å². The smallest absolute Gasteiger partial charge is 0.229 e. The third-order valence-corrected chi connectivity index (χ3v) is 3.53. The number of hydrogen-bond acceptors (Lipinski definition) is 5. The van der Waals surface area contributed by atoms with E-state index in [2.05, 4.69) is 26.7 Å². The quantitative estimate of drug-likeness (QED) is 0.744. The van der Waals surface area contributed by atoms with Gasteiger partial charge in [-0.25, -0.2) is 4.98 Å². The minimum atomic E-state index is 0.510. The van der Waals surface area contributed by atoms with Crippen molar-refractivity contribution in [3.8, 4) is 6.07 Å². The standard InChI is InChI=1S/C19H17N5/c1-13-5-3-4-6-17(13)23-18-11-14(2)21-19(24-18)22-16-9-7-15(12-20)8-10-16/h3-11H,1-2H3,(H2,21,22,23,24). The highest BCUT2D eigenvalue weighted by molar-refractivity contribution is 5.62. The molecule has 1 heterocycles. The van der Waals surface area contributed by atoms with Gasteiger partial charge >= 0.3 is 0 Å². The number of hydrogen-bond donors (Lipinski definition) is 2. The predicted molar refractivity (Wildman–Crippen MR) is 95.7 cm³/mol. The van der Waals surface area contributed by atoms with Gasteiger partial charge in [0.25, 0.3) is 0 Å². The van der Waals surface area contributed by atoms with Crippen LogP contribution in [0.1, 0.15) is 16.8 Å². The number of rotatable bonds is 4. The van der Waals surface area contributed by atoms with Crippen molar-refractivity contribution in [1.29, 1.82) is 5.26 Å². The monoisotopic (exact) mass is 315 g/mol. The molecule has 2 aromatic carbocycles. The second kappa shape index (κ2) is 6.80. The van der Waals surface area contributed by atoms with Gasteiger partial charge in [-0.3, -0.25) is 0 Å². The third-order valence-electron chi connectivity index (χ3n) is 3.53. The molecule has 0 saturated carbocycles. The topological polar surface area (TPSA) is 73.6 Å². The Morgan fingerprint density at radius 2 is 1.67 bits per heavy atom. The minimum absolute atomic E-state index is 0.510. The molecule has 5 heteroatoms. The van der Waals surface area contributed by atoms with Gasteiger partial charge in [0, 0.05) is 23.1 Å². The van der Waals surface area contributed by atoms with Gasteiger partial charge in [0.1, 0.15) is 5.82 Å². The van der Waals surface area contributed by atoms with Crippen LogP contribution < -0.4 is 10.6 Å². The van der Waals surface area contributed by atoms with Crippen LogP contribution in [0.25, 0.3) is 0 Å². The van der Waals surface area contributed by atoms with Gasteiger partial charge in [-0.2, -0.15) is 10.2 Å². The first-order valence-electron chi connectivity index (χ1n) is 7.59. The number of benzene rings is 2. The first-order chi connectivity index (χ1) is 11.6. The summed E-state index contributed by atoms with van der Waals surface area (Å²) in [7, 11) is 0. The van der Waals surface area contributed by atoms with E-state index < -0.39 is 0 Å². The zero-order chi connectivity index (χ0) is 16.9. The Morgan fingerprint density at radius 1 is 0.917 bits per heavy atom. The van der Waals surface area contributed by atoms with E-state index in [1.54, 1.807) is 12.1 Å². The summed E-state index contributed by atoms with van der Waals surface area (Å²) in [6, 6.07) is 19.2. The summed E-state index contributed by atoms with van der Waals surface area (Å²) in [6.07, 6.45) is 0. The van der Waals surface area contributed by atoms with Gasteiger partial charge in [-0.15, -0.1) is 0 Å². The van der Waals surface area contributed by atoms with Crippen molar-refractivity contribution in [1.82, 2.24) is 9.97 Å². The van der Waals surface area contributed by atoms with E-state index in [4.69, 9.17) is 5.26 Å². The lowest BCUT2D eigenvalue weighted by Crippen LogP contribution is -2.03. The third kappa shape index (κ3) is 3.68. The van der Waals surface area contributed by atoms with Crippen LogP contribution >= 0.6 is 0 Å². The fourth-order valence-corrected chi connectivity index (χ4v) is 2.30. The largest absolute Gasteiger partial charge is 0.340 e. The summed E-state index contributed by atoms with van der Waals surface area (Å²) >= 11 is 0. The molecule has 0 amide bonds. The van der Waals surface area contributed by atoms with Crippen molar-refractivity contribution < 1.29 is 0 Å². The lowest BCUT2D eigenvalue weighted by Gasteiger charge is -2.11. The summed E-state index contributed by atoms with van der Waals surface area (Å²) in [5.74, 6) is 1.24. The number of anilines is 4. The Bertz CT molecular complexity index is 894. The number of aromatic nitrogens is 2. The van der Waals surface area contributed by atoms with Crippen LogP contribution in [-0.4, -0.2) is 9.97 Å². The summed E-state index contributed by atoms with van der Waals surface area (Å²) in [4.78, 5) is 8.92. The molecule has 0 fully saturated rings. The molecule has 0 aliphatic rings. The zero-order valence-electron chi connectivity index (χ0n) is 13.5. The molecule has 0 atom stereocenters. The van der Waals surface area contributed by atoms with Crippen LogP contribution in [0.3, 0.4) is 0 Å². The van der Waals surface area contributed by atoms with Crippen LogP contribution in [0.2, 0.25) is 0 Å². The average Bonchev–Trinajstić information content (AvgIpc) is 2.57. The fourth-order valence-electron chi connectivity index (χ4n) is 2.30. The summed E-state index contributed by atoms with van der Waals surface area (Å²) in [5, 5.41) is 15.3. The summed E-state index contributed by atoms with van der Waals surface area (Å²) < 4.78 is 0. The highest BCUT2D eigenvalue weighted by atomic mass is 15.1. The van der Waals surface area contributed by atoms with Crippen LogP contribution in [0.5, 0.6) is 0 Å². The van der Waals surface area contributed by atoms with Crippen molar-refractivity contribution in [3.05, 3.63) is 71.4 Å². The Kier molecular flexibility index (Phi) is 4.39. The molecular formula is C19H17N5. The molecule has 0 bridgehead atoms. The predicted octanol–water partition coefficient (Wildman–Crippen LogP) is 4.45. The maximum atomic E-state index is 8.85. The Hall–Kier alpha value is -3.39. The van der Waals surface area contributed by atoms with Crippen molar-refractivity contribution in [2.45, 2.75) is 13.8 Å². The van der Waals surface area contributed by atoms with E-state index in [0.29, 0.717) is 11.5 Å². The van der Waals surface area contributed by atoms with Gasteiger partial charge in [0.2, 0.25) is 5.95 Å². The summed E-state index contributed by atoms with van der Waals surface area (Å²) in [5.41, 5.74) is 4.47. The second-order valence-electron chi connectivity index (χ2n) is 5.47. The van der Waals surface area contributed by atoms with E-state index in [1.807, 2.05) is 56.3 Å².